The molecule has 0 bridgehead atoms. The molecule has 6 heteroatoms. The fraction of sp³-hybridized carbons (Fsp3) is 0.158. The van der Waals surface area contributed by atoms with Gasteiger partial charge in [0, 0.05) is 11.6 Å². The maximum absolute atomic E-state index is 12.9. The Hall–Kier alpha value is -3.15. The monoisotopic (exact) mass is 340 g/mol. The molecular formula is C19H17FN2O3. The third-order valence-corrected chi connectivity index (χ3v) is 3.61. The summed E-state index contributed by atoms with van der Waals surface area (Å²) in [6, 6.07) is 15.0. The topological polar surface area (TPSA) is 64.4 Å². The molecule has 0 spiro atoms. The Morgan fingerprint density at radius 2 is 1.88 bits per heavy atom. The molecule has 25 heavy (non-hydrogen) atoms. The van der Waals surface area contributed by atoms with Crippen molar-refractivity contribution in [3.63, 3.8) is 0 Å². The van der Waals surface area contributed by atoms with Crippen LogP contribution in [0.3, 0.4) is 0 Å². The van der Waals surface area contributed by atoms with Crippen LogP contribution in [0.1, 0.15) is 12.5 Å². The number of rotatable bonds is 6. The van der Waals surface area contributed by atoms with Crippen LogP contribution in [0, 0.1) is 5.82 Å². The van der Waals surface area contributed by atoms with Crippen molar-refractivity contribution in [1.29, 1.82) is 0 Å². The molecule has 2 aromatic carbocycles. The van der Waals surface area contributed by atoms with Crippen molar-refractivity contribution in [3.05, 3.63) is 66.0 Å². The predicted octanol–water partition coefficient (Wildman–Crippen LogP) is 4.06. The Morgan fingerprint density at radius 3 is 2.56 bits per heavy atom. The Balaban J connectivity index is 1.55. The fourth-order valence-corrected chi connectivity index (χ4v) is 2.23. The minimum Gasteiger partial charge on any atom is -0.484 e. The predicted molar refractivity (Wildman–Crippen MR) is 91.8 cm³/mol. The second kappa shape index (κ2) is 7.61. The highest BCUT2D eigenvalue weighted by atomic mass is 19.1. The molecule has 128 valence electrons. The summed E-state index contributed by atoms with van der Waals surface area (Å²) in [4.78, 5) is 11.9. The molecule has 0 aliphatic rings. The van der Waals surface area contributed by atoms with Crippen LogP contribution >= 0.6 is 0 Å². The molecule has 3 aromatic rings. The maximum Gasteiger partial charge on any atom is 0.264 e. The van der Waals surface area contributed by atoms with Crippen LogP contribution in [-0.4, -0.2) is 17.7 Å². The smallest absolute Gasteiger partial charge is 0.264 e. The van der Waals surface area contributed by atoms with Crippen LogP contribution < -0.4 is 10.1 Å². The molecule has 3 rings (SSSR count). The van der Waals surface area contributed by atoms with E-state index in [1.54, 1.807) is 18.2 Å². The van der Waals surface area contributed by atoms with E-state index in [-0.39, 0.29) is 24.2 Å². The summed E-state index contributed by atoms with van der Waals surface area (Å²) >= 11 is 0. The van der Waals surface area contributed by atoms with Gasteiger partial charge in [-0.1, -0.05) is 24.2 Å². The zero-order valence-corrected chi connectivity index (χ0v) is 13.7. The minimum atomic E-state index is -0.360. The van der Waals surface area contributed by atoms with E-state index in [0.717, 1.165) is 6.42 Å². The van der Waals surface area contributed by atoms with Crippen molar-refractivity contribution < 1.29 is 18.4 Å². The zero-order valence-electron chi connectivity index (χ0n) is 13.7. The molecule has 1 N–H and O–H groups in total. The van der Waals surface area contributed by atoms with Gasteiger partial charge in [-0.15, -0.1) is 0 Å². The largest absolute Gasteiger partial charge is 0.484 e. The van der Waals surface area contributed by atoms with E-state index in [0.29, 0.717) is 17.0 Å². The molecule has 0 aliphatic heterocycles. The van der Waals surface area contributed by atoms with Gasteiger partial charge in [-0.25, -0.2) is 4.39 Å². The highest BCUT2D eigenvalue weighted by molar-refractivity contribution is 5.91. The first kappa shape index (κ1) is 16.7. The molecule has 0 saturated heterocycles. The third-order valence-electron chi connectivity index (χ3n) is 3.61. The Kier molecular flexibility index (Phi) is 5.09. The van der Waals surface area contributed by atoms with Gasteiger partial charge in [-0.2, -0.15) is 0 Å². The summed E-state index contributed by atoms with van der Waals surface area (Å²) < 4.78 is 23.4. The number of ether oxygens (including phenoxy) is 1. The number of aromatic nitrogens is 1. The first-order chi connectivity index (χ1) is 12.1. The molecule has 5 nitrogen and oxygen atoms in total. The molecule has 0 fully saturated rings. The third kappa shape index (κ3) is 4.44. The van der Waals surface area contributed by atoms with Gasteiger partial charge >= 0.3 is 0 Å². The fourth-order valence-electron chi connectivity index (χ4n) is 2.23. The van der Waals surface area contributed by atoms with Crippen LogP contribution in [-0.2, 0) is 11.2 Å². The molecule has 0 radical (unpaired) electrons. The van der Waals surface area contributed by atoms with Crippen LogP contribution in [0.2, 0.25) is 0 Å². The standard InChI is InChI=1S/C19H17FN2O3/c1-2-13-3-9-16(10-4-13)24-12-18(23)21-19-11-17(22-25-19)14-5-7-15(20)8-6-14/h3-11H,2,12H2,1H3,(H,21,23). The van der Waals surface area contributed by atoms with E-state index in [4.69, 9.17) is 9.26 Å². The Bertz CT molecular complexity index is 842. The van der Waals surface area contributed by atoms with Crippen LogP contribution in [0.15, 0.2) is 59.1 Å². The van der Waals surface area contributed by atoms with Gasteiger partial charge in [-0.3, -0.25) is 10.1 Å². The SMILES string of the molecule is CCc1ccc(OCC(=O)Nc2cc(-c3ccc(F)cc3)no2)cc1. The van der Waals surface area contributed by atoms with Crippen LogP contribution in [0.25, 0.3) is 11.3 Å². The number of nitrogens with one attached hydrogen (secondary N) is 1. The summed E-state index contributed by atoms with van der Waals surface area (Å²) in [7, 11) is 0. The van der Waals surface area contributed by atoms with E-state index in [1.807, 2.05) is 24.3 Å². The van der Waals surface area contributed by atoms with Crippen molar-refractivity contribution >= 4 is 11.8 Å². The average molecular weight is 340 g/mol. The quantitative estimate of drug-likeness (QED) is 0.735. The van der Waals surface area contributed by atoms with E-state index >= 15 is 0 Å². The second-order valence-electron chi connectivity index (χ2n) is 5.42. The average Bonchev–Trinajstić information content (AvgIpc) is 3.09. The summed E-state index contributed by atoms with van der Waals surface area (Å²) in [5.74, 6) is 0.137. The van der Waals surface area contributed by atoms with Gasteiger partial charge in [0.25, 0.3) is 5.91 Å². The molecule has 0 atom stereocenters. The van der Waals surface area contributed by atoms with E-state index < -0.39 is 0 Å². The van der Waals surface area contributed by atoms with Crippen molar-refractivity contribution in [2.75, 3.05) is 11.9 Å². The normalized spacial score (nSPS) is 10.5. The van der Waals surface area contributed by atoms with Crippen molar-refractivity contribution in [1.82, 2.24) is 5.16 Å². The lowest BCUT2D eigenvalue weighted by Gasteiger charge is -2.06. The number of hydrogen-bond acceptors (Lipinski definition) is 4. The number of carbonyl (C=O) groups excluding carboxylic acids is 1. The number of carbonyl (C=O) groups is 1. The van der Waals surface area contributed by atoms with Gasteiger partial charge in [0.2, 0.25) is 5.88 Å². The summed E-state index contributed by atoms with van der Waals surface area (Å²) in [5.41, 5.74) is 2.40. The number of hydrogen-bond donors (Lipinski definition) is 1. The molecule has 1 amide bonds. The van der Waals surface area contributed by atoms with E-state index in [1.165, 1.54) is 17.7 Å². The summed E-state index contributed by atoms with van der Waals surface area (Å²) in [5, 5.41) is 6.42. The van der Waals surface area contributed by atoms with Gasteiger partial charge < -0.3 is 9.26 Å². The highest BCUT2D eigenvalue weighted by Gasteiger charge is 2.10. The summed E-state index contributed by atoms with van der Waals surface area (Å²) in [6.45, 7) is 1.93. The summed E-state index contributed by atoms with van der Waals surface area (Å²) in [6.07, 6.45) is 0.947. The van der Waals surface area contributed by atoms with Crippen molar-refractivity contribution in [2.45, 2.75) is 13.3 Å². The van der Waals surface area contributed by atoms with Gasteiger partial charge in [0.1, 0.15) is 17.3 Å². The molecule has 1 heterocycles. The van der Waals surface area contributed by atoms with Crippen molar-refractivity contribution in [2.24, 2.45) is 0 Å². The lowest BCUT2D eigenvalue weighted by atomic mass is 10.1. The first-order valence-electron chi connectivity index (χ1n) is 7.88. The van der Waals surface area contributed by atoms with Crippen LogP contribution in [0.4, 0.5) is 10.3 Å². The lowest BCUT2D eigenvalue weighted by Crippen LogP contribution is -2.19. The van der Waals surface area contributed by atoms with Crippen molar-refractivity contribution in [3.8, 4) is 17.0 Å². The number of halogens is 1. The Morgan fingerprint density at radius 1 is 1.16 bits per heavy atom. The van der Waals surface area contributed by atoms with E-state index in [2.05, 4.69) is 17.4 Å². The number of anilines is 1. The zero-order chi connectivity index (χ0) is 17.6. The maximum atomic E-state index is 12.9. The molecular weight excluding hydrogens is 323 g/mol. The van der Waals surface area contributed by atoms with Crippen LogP contribution in [0.5, 0.6) is 5.75 Å². The molecule has 1 aromatic heterocycles. The number of benzene rings is 2. The first-order valence-corrected chi connectivity index (χ1v) is 7.88. The van der Waals surface area contributed by atoms with Gasteiger partial charge in [-0.05, 0) is 48.4 Å². The molecule has 0 unspecified atom stereocenters. The Labute approximate surface area is 144 Å². The van der Waals surface area contributed by atoms with Gasteiger partial charge in [0.15, 0.2) is 6.61 Å². The number of amides is 1. The number of aryl methyl sites for hydroxylation is 1. The highest BCUT2D eigenvalue weighted by Crippen LogP contribution is 2.22. The molecule has 0 aliphatic carbocycles. The van der Waals surface area contributed by atoms with E-state index in [9.17, 15) is 9.18 Å². The number of nitrogens with zero attached hydrogens (tertiary/aromatic N) is 1. The van der Waals surface area contributed by atoms with Gasteiger partial charge in [0.05, 0.1) is 0 Å². The second-order valence-corrected chi connectivity index (χ2v) is 5.42. The lowest BCUT2D eigenvalue weighted by molar-refractivity contribution is -0.118. The molecule has 0 saturated carbocycles. The minimum absolute atomic E-state index is 0.141.